The Kier molecular flexibility index (Phi) is 9.14. The summed E-state index contributed by atoms with van der Waals surface area (Å²) in [5.74, 6) is -21.5. The topological polar surface area (TPSA) is 44.8 Å². The summed E-state index contributed by atoms with van der Waals surface area (Å²) in [6.07, 6.45) is -16.2. The van der Waals surface area contributed by atoms with E-state index in [0.717, 1.165) is 24.3 Å². The van der Waals surface area contributed by atoms with Gasteiger partial charge in [0.1, 0.15) is 11.9 Å². The van der Waals surface area contributed by atoms with Crippen LogP contribution in [0.4, 0.5) is 52.7 Å². The third kappa shape index (κ3) is 8.02. The van der Waals surface area contributed by atoms with Gasteiger partial charge in [-0.25, -0.2) is 4.57 Å². The smallest absolute Gasteiger partial charge is 0.404 e. The lowest BCUT2D eigenvalue weighted by Crippen LogP contribution is -2.65. The van der Waals surface area contributed by atoms with Gasteiger partial charge in [0.2, 0.25) is 0 Å². The first-order valence-electron chi connectivity index (χ1n) is 9.29. The highest BCUT2D eigenvalue weighted by Crippen LogP contribution is 2.59. The van der Waals surface area contributed by atoms with Gasteiger partial charge in [-0.2, -0.15) is 52.7 Å². The Morgan fingerprint density at radius 2 is 1.31 bits per heavy atom. The lowest BCUT2D eigenvalue weighted by Gasteiger charge is -2.39. The molecular weight excluding hydrogens is 555 g/mol. The van der Waals surface area contributed by atoms with Crippen molar-refractivity contribution in [3.05, 3.63) is 30.3 Å². The summed E-state index contributed by atoms with van der Waals surface area (Å²) in [5, 5.41) is 0. The third-order valence-corrected chi connectivity index (χ3v) is 6.96. The molecule has 0 aliphatic carbocycles. The summed E-state index contributed by atoms with van der Waals surface area (Å²) in [4.78, 5) is 0. The summed E-state index contributed by atoms with van der Waals surface area (Å²) < 4.78 is 185. The molecule has 1 aromatic rings. The molecule has 1 aromatic carbocycles. The minimum Gasteiger partial charge on any atom is -0.404 e. The van der Waals surface area contributed by atoms with Gasteiger partial charge in [0.15, 0.2) is 6.61 Å². The van der Waals surface area contributed by atoms with E-state index in [1.54, 1.807) is 0 Å². The highest BCUT2D eigenvalue weighted by atomic mass is 31.2. The molecule has 0 N–H and O–H groups in total. The van der Waals surface area contributed by atoms with E-state index in [-0.39, 0.29) is 0 Å². The molecule has 18 heteroatoms. The Morgan fingerprint density at radius 3 is 1.71 bits per heavy atom. The van der Waals surface area contributed by atoms with Gasteiger partial charge >= 0.3 is 37.9 Å². The average molecular weight is 574 g/mol. The molecule has 0 heterocycles. The SMILES string of the molecule is C[Si](C)(C)CC(OP(=O)(OCC(F)(F)F)Oc1ccccc1)C(F)(F)C(F)(F)C(F)(F)C(F)(F)F. The van der Waals surface area contributed by atoms with Crippen molar-refractivity contribution in [2.75, 3.05) is 6.61 Å². The van der Waals surface area contributed by atoms with Gasteiger partial charge in [-0.1, -0.05) is 37.8 Å². The lowest BCUT2D eigenvalue weighted by molar-refractivity contribution is -0.404. The molecule has 0 amide bonds. The molecule has 0 aliphatic heterocycles. The van der Waals surface area contributed by atoms with Crippen molar-refractivity contribution in [3.8, 4) is 5.75 Å². The van der Waals surface area contributed by atoms with Gasteiger partial charge < -0.3 is 4.52 Å². The molecule has 1 rings (SSSR count). The highest BCUT2D eigenvalue weighted by Gasteiger charge is 2.83. The van der Waals surface area contributed by atoms with Gasteiger partial charge in [-0.3, -0.25) is 9.05 Å². The van der Waals surface area contributed by atoms with Gasteiger partial charge in [0.05, 0.1) is 0 Å². The monoisotopic (exact) mass is 574 g/mol. The molecule has 0 saturated carbocycles. The zero-order valence-corrected chi connectivity index (χ0v) is 19.9. The Labute approximate surface area is 192 Å². The van der Waals surface area contributed by atoms with Gasteiger partial charge in [0, 0.05) is 8.07 Å². The first kappa shape index (κ1) is 31.6. The second-order valence-corrected chi connectivity index (χ2v) is 15.4. The van der Waals surface area contributed by atoms with Gasteiger partial charge in [-0.05, 0) is 18.2 Å². The standard InChI is InChI=1S/C17H19F12O4PSi/c1-35(2,3)9-12(14(21,22)15(23,24)16(25,26)17(27,28)29)33-34(30,31-10-13(18,19)20)32-11-7-5-4-6-8-11/h4-8,12H,9-10H2,1-3H3. The van der Waals surface area contributed by atoms with E-state index in [9.17, 15) is 57.3 Å². The second kappa shape index (κ2) is 10.1. The molecule has 0 aromatic heterocycles. The van der Waals surface area contributed by atoms with Crippen LogP contribution in [-0.2, 0) is 13.6 Å². The molecule has 35 heavy (non-hydrogen) atoms. The van der Waals surface area contributed by atoms with Crippen molar-refractivity contribution in [2.45, 2.75) is 61.9 Å². The van der Waals surface area contributed by atoms with Crippen molar-refractivity contribution in [2.24, 2.45) is 0 Å². The van der Waals surface area contributed by atoms with Crippen molar-refractivity contribution in [3.63, 3.8) is 0 Å². The summed E-state index contributed by atoms with van der Waals surface area (Å²) in [6.45, 7) is 1.01. The molecule has 0 bridgehead atoms. The number of hydrogen-bond acceptors (Lipinski definition) is 4. The number of hydrogen-bond donors (Lipinski definition) is 0. The van der Waals surface area contributed by atoms with Crippen LogP contribution in [0, 0.1) is 0 Å². The van der Waals surface area contributed by atoms with E-state index >= 15 is 0 Å². The van der Waals surface area contributed by atoms with Crippen LogP contribution in [0.5, 0.6) is 5.75 Å². The first-order chi connectivity index (χ1) is 15.3. The van der Waals surface area contributed by atoms with Crippen LogP contribution in [0.25, 0.3) is 0 Å². The van der Waals surface area contributed by atoms with E-state index in [0.29, 0.717) is 0 Å². The van der Waals surface area contributed by atoms with E-state index in [2.05, 4.69) is 13.6 Å². The predicted octanol–water partition coefficient (Wildman–Crippen LogP) is 7.94. The van der Waals surface area contributed by atoms with Crippen LogP contribution in [0.3, 0.4) is 0 Å². The Bertz CT molecular complexity index is 884. The normalized spacial score (nSPS) is 17.1. The fourth-order valence-corrected chi connectivity index (χ4v) is 5.33. The summed E-state index contributed by atoms with van der Waals surface area (Å²) in [6, 6.07) is 4.07. The second-order valence-electron chi connectivity index (χ2n) is 8.37. The van der Waals surface area contributed by atoms with Crippen LogP contribution in [0.15, 0.2) is 30.3 Å². The quantitative estimate of drug-likeness (QED) is 0.153. The number of halogens is 12. The molecule has 0 radical (unpaired) electrons. The number of rotatable bonds is 11. The zero-order valence-electron chi connectivity index (χ0n) is 18.0. The third-order valence-electron chi connectivity index (χ3n) is 3.97. The van der Waals surface area contributed by atoms with Crippen LogP contribution >= 0.6 is 7.82 Å². The van der Waals surface area contributed by atoms with Crippen molar-refractivity contribution < 1.29 is 70.8 Å². The summed E-state index contributed by atoms with van der Waals surface area (Å²) >= 11 is 0. The van der Waals surface area contributed by atoms with Gasteiger partial charge in [0.25, 0.3) is 0 Å². The highest BCUT2D eigenvalue weighted by molar-refractivity contribution is 7.49. The molecule has 0 fully saturated rings. The maximum Gasteiger partial charge on any atom is 0.530 e. The Morgan fingerprint density at radius 1 is 0.829 bits per heavy atom. The first-order valence-corrected chi connectivity index (χ1v) is 14.5. The van der Waals surface area contributed by atoms with E-state index in [1.807, 2.05) is 0 Å². The van der Waals surface area contributed by atoms with Crippen molar-refractivity contribution >= 4 is 15.9 Å². The molecule has 204 valence electrons. The van der Waals surface area contributed by atoms with Crippen LogP contribution < -0.4 is 4.52 Å². The molecule has 0 aliphatic rings. The number of phosphoric ester groups is 1. The number of para-hydroxylation sites is 1. The maximum absolute atomic E-state index is 14.7. The number of phosphoric acid groups is 1. The fourth-order valence-electron chi connectivity index (χ4n) is 2.37. The van der Waals surface area contributed by atoms with Crippen molar-refractivity contribution in [1.29, 1.82) is 0 Å². The Hall–Kier alpha value is -1.45. The summed E-state index contributed by atoms with van der Waals surface area (Å²) in [5.41, 5.74) is 0. The predicted molar refractivity (Wildman–Crippen MR) is 101 cm³/mol. The van der Waals surface area contributed by atoms with E-state index in [4.69, 9.17) is 0 Å². The van der Waals surface area contributed by atoms with Crippen LogP contribution in [-0.4, -0.2) is 50.9 Å². The zero-order chi connectivity index (χ0) is 27.7. The van der Waals surface area contributed by atoms with Crippen LogP contribution in [0.1, 0.15) is 0 Å². The molecule has 4 nitrogen and oxygen atoms in total. The Balaban J connectivity index is 3.57. The van der Waals surface area contributed by atoms with Gasteiger partial charge in [-0.15, -0.1) is 0 Å². The van der Waals surface area contributed by atoms with E-state index < -0.39 is 70.5 Å². The molecule has 0 saturated heterocycles. The lowest BCUT2D eigenvalue weighted by atomic mass is 10.00. The molecular formula is C17H19F12O4PSi. The largest absolute Gasteiger partial charge is 0.530 e. The molecule has 2 unspecified atom stereocenters. The average Bonchev–Trinajstić information content (AvgIpc) is 2.64. The minimum absolute atomic E-state index is 0.638. The maximum atomic E-state index is 14.7. The van der Waals surface area contributed by atoms with Crippen LogP contribution in [0.2, 0.25) is 25.7 Å². The number of alkyl halides is 12. The number of benzene rings is 1. The molecule has 2 atom stereocenters. The fraction of sp³-hybridized carbons (Fsp3) is 0.647. The van der Waals surface area contributed by atoms with E-state index in [1.165, 1.54) is 25.7 Å². The van der Waals surface area contributed by atoms with Crippen molar-refractivity contribution in [1.82, 2.24) is 0 Å². The minimum atomic E-state index is -7.30. The molecule has 0 spiro atoms. The summed E-state index contributed by atoms with van der Waals surface area (Å²) in [7, 11) is -9.16.